The number of nitrogens with zero attached hydrogens (tertiary/aromatic N) is 3. The molecule has 0 aliphatic carbocycles. The van der Waals surface area contributed by atoms with E-state index < -0.39 is 0 Å². The summed E-state index contributed by atoms with van der Waals surface area (Å²) in [6.07, 6.45) is 2.05. The summed E-state index contributed by atoms with van der Waals surface area (Å²) in [5.74, 6) is -0.244. The van der Waals surface area contributed by atoms with Crippen molar-refractivity contribution in [3.05, 3.63) is 58.2 Å². The number of hydrogen-bond donors (Lipinski definition) is 1. The van der Waals surface area contributed by atoms with Crippen LogP contribution in [0.1, 0.15) is 28.9 Å². The van der Waals surface area contributed by atoms with Gasteiger partial charge in [-0.15, -0.1) is 0 Å². The van der Waals surface area contributed by atoms with Crippen LogP contribution in [0.3, 0.4) is 0 Å². The molecule has 7 heteroatoms. The van der Waals surface area contributed by atoms with Gasteiger partial charge in [0.1, 0.15) is 6.54 Å². The second kappa shape index (κ2) is 7.75. The summed E-state index contributed by atoms with van der Waals surface area (Å²) in [4.78, 5) is 27.3. The van der Waals surface area contributed by atoms with E-state index >= 15 is 0 Å². The maximum absolute atomic E-state index is 12.9. The molecule has 3 aromatic rings. The van der Waals surface area contributed by atoms with E-state index in [1.807, 2.05) is 54.3 Å². The maximum atomic E-state index is 12.9. The van der Waals surface area contributed by atoms with Gasteiger partial charge in [-0.25, -0.2) is 0 Å². The predicted molar refractivity (Wildman–Crippen MR) is 112 cm³/mol. The molecule has 2 heterocycles. The Morgan fingerprint density at radius 2 is 1.89 bits per heavy atom. The highest BCUT2D eigenvalue weighted by Gasteiger charge is 2.25. The number of hydrogen-bond acceptors (Lipinski definition) is 3. The smallest absolute Gasteiger partial charge is 0.275 e. The van der Waals surface area contributed by atoms with Crippen molar-refractivity contribution in [3.63, 3.8) is 0 Å². The fraction of sp³-hybridized carbons (Fsp3) is 0.286. The summed E-state index contributed by atoms with van der Waals surface area (Å²) < 4.78 is 2.60. The molecule has 1 aliphatic rings. The van der Waals surface area contributed by atoms with Gasteiger partial charge in [-0.3, -0.25) is 14.3 Å². The number of rotatable bonds is 4. The van der Waals surface area contributed by atoms with Crippen molar-refractivity contribution in [2.45, 2.75) is 26.3 Å². The molecule has 1 aliphatic heterocycles. The standard InChI is InChI=1S/C21H21BrN4O2/c1-14-12-15(8-9-17(14)22)23-19(27)13-26-18-7-3-2-6-16(18)20(24-26)21(28)25-10-4-5-11-25/h2-3,6-9,12H,4-5,10-11,13H2,1H3,(H,23,27). The van der Waals surface area contributed by atoms with Crippen LogP contribution in [0.25, 0.3) is 10.9 Å². The summed E-state index contributed by atoms with van der Waals surface area (Å²) >= 11 is 3.46. The Bertz CT molecular complexity index is 1050. The zero-order valence-corrected chi connectivity index (χ0v) is 17.2. The monoisotopic (exact) mass is 440 g/mol. The highest BCUT2D eigenvalue weighted by Crippen LogP contribution is 2.23. The Morgan fingerprint density at radius 1 is 1.14 bits per heavy atom. The first kappa shape index (κ1) is 18.7. The number of anilines is 1. The van der Waals surface area contributed by atoms with Crippen molar-refractivity contribution in [3.8, 4) is 0 Å². The Labute approximate surface area is 171 Å². The van der Waals surface area contributed by atoms with E-state index in [9.17, 15) is 9.59 Å². The van der Waals surface area contributed by atoms with Crippen molar-refractivity contribution in [1.82, 2.24) is 14.7 Å². The molecule has 0 bridgehead atoms. The van der Waals surface area contributed by atoms with Crippen LogP contribution in [0, 0.1) is 6.92 Å². The third-order valence-corrected chi connectivity index (χ3v) is 5.88. The van der Waals surface area contributed by atoms with E-state index in [0.29, 0.717) is 5.69 Å². The molecule has 0 atom stereocenters. The molecular weight excluding hydrogens is 420 g/mol. The Kier molecular flexibility index (Phi) is 5.17. The average molecular weight is 441 g/mol. The minimum absolute atomic E-state index is 0.0445. The minimum Gasteiger partial charge on any atom is -0.337 e. The number of halogens is 1. The molecule has 0 radical (unpaired) electrons. The fourth-order valence-electron chi connectivity index (χ4n) is 3.53. The van der Waals surface area contributed by atoms with Gasteiger partial charge < -0.3 is 10.2 Å². The Hall–Kier alpha value is -2.67. The largest absolute Gasteiger partial charge is 0.337 e. The van der Waals surface area contributed by atoms with Crippen LogP contribution in [0.4, 0.5) is 5.69 Å². The Morgan fingerprint density at radius 3 is 2.64 bits per heavy atom. The zero-order chi connectivity index (χ0) is 19.7. The van der Waals surface area contributed by atoms with Crippen molar-refractivity contribution < 1.29 is 9.59 Å². The van der Waals surface area contributed by atoms with E-state index in [-0.39, 0.29) is 18.4 Å². The lowest BCUT2D eigenvalue weighted by molar-refractivity contribution is -0.116. The summed E-state index contributed by atoms with van der Waals surface area (Å²) in [7, 11) is 0. The minimum atomic E-state index is -0.185. The summed E-state index contributed by atoms with van der Waals surface area (Å²) in [5.41, 5.74) is 2.98. The van der Waals surface area contributed by atoms with Gasteiger partial charge in [-0.05, 0) is 49.6 Å². The van der Waals surface area contributed by atoms with Crippen LogP contribution in [0.5, 0.6) is 0 Å². The van der Waals surface area contributed by atoms with Gasteiger partial charge in [0.05, 0.1) is 5.52 Å². The summed E-state index contributed by atoms with van der Waals surface area (Å²) in [6, 6.07) is 13.2. The molecule has 28 heavy (non-hydrogen) atoms. The van der Waals surface area contributed by atoms with Gasteiger partial charge in [-0.1, -0.05) is 34.1 Å². The first-order valence-corrected chi connectivity index (χ1v) is 10.1. The van der Waals surface area contributed by atoms with Crippen LogP contribution in [0.2, 0.25) is 0 Å². The predicted octanol–water partition coefficient (Wildman–Crippen LogP) is 3.98. The van der Waals surface area contributed by atoms with Crippen molar-refractivity contribution in [1.29, 1.82) is 0 Å². The van der Waals surface area contributed by atoms with Crippen LogP contribution < -0.4 is 5.32 Å². The van der Waals surface area contributed by atoms with E-state index in [0.717, 1.165) is 52.6 Å². The van der Waals surface area contributed by atoms with Gasteiger partial charge in [-0.2, -0.15) is 5.10 Å². The number of aryl methyl sites for hydroxylation is 1. The number of benzene rings is 2. The molecule has 6 nitrogen and oxygen atoms in total. The number of amides is 2. The lowest BCUT2D eigenvalue weighted by Gasteiger charge is -2.13. The fourth-order valence-corrected chi connectivity index (χ4v) is 3.78. The molecule has 0 unspecified atom stereocenters. The SMILES string of the molecule is Cc1cc(NC(=O)Cn2nc(C(=O)N3CCCC3)c3ccccc32)ccc1Br. The van der Waals surface area contributed by atoms with Gasteiger partial charge >= 0.3 is 0 Å². The number of para-hydroxylation sites is 1. The molecule has 144 valence electrons. The van der Waals surface area contributed by atoms with Crippen molar-refractivity contribution in [2.24, 2.45) is 0 Å². The van der Waals surface area contributed by atoms with Crippen LogP contribution in [-0.2, 0) is 11.3 Å². The topological polar surface area (TPSA) is 67.2 Å². The second-order valence-electron chi connectivity index (χ2n) is 7.03. The summed E-state index contributed by atoms with van der Waals surface area (Å²) in [6.45, 7) is 3.55. The third-order valence-electron chi connectivity index (χ3n) is 4.99. The number of carbonyl (C=O) groups excluding carboxylic acids is 2. The van der Waals surface area contributed by atoms with E-state index in [1.165, 1.54) is 0 Å². The average Bonchev–Trinajstić information content (AvgIpc) is 3.33. The quantitative estimate of drug-likeness (QED) is 0.666. The third kappa shape index (κ3) is 3.67. The lowest BCUT2D eigenvalue weighted by atomic mass is 10.2. The van der Waals surface area contributed by atoms with E-state index in [1.54, 1.807) is 4.68 Å². The van der Waals surface area contributed by atoms with Gasteiger partial charge in [0.2, 0.25) is 5.91 Å². The highest BCUT2D eigenvalue weighted by molar-refractivity contribution is 9.10. The molecule has 2 aromatic carbocycles. The zero-order valence-electron chi connectivity index (χ0n) is 15.6. The summed E-state index contributed by atoms with van der Waals surface area (Å²) in [5, 5.41) is 8.19. The van der Waals surface area contributed by atoms with Gasteiger partial charge in [0, 0.05) is 28.6 Å². The number of carbonyl (C=O) groups is 2. The van der Waals surface area contributed by atoms with Gasteiger partial charge in [0.25, 0.3) is 5.91 Å². The molecule has 1 saturated heterocycles. The van der Waals surface area contributed by atoms with E-state index in [4.69, 9.17) is 0 Å². The number of nitrogens with one attached hydrogen (secondary N) is 1. The molecule has 0 saturated carbocycles. The molecule has 4 rings (SSSR count). The highest BCUT2D eigenvalue weighted by atomic mass is 79.9. The van der Waals surface area contributed by atoms with Crippen LogP contribution in [-0.4, -0.2) is 39.6 Å². The second-order valence-corrected chi connectivity index (χ2v) is 7.89. The lowest BCUT2D eigenvalue weighted by Crippen LogP contribution is -2.28. The molecular formula is C21H21BrN4O2. The van der Waals surface area contributed by atoms with Crippen LogP contribution in [0.15, 0.2) is 46.9 Å². The number of aromatic nitrogens is 2. The first-order valence-electron chi connectivity index (χ1n) is 9.34. The molecule has 1 aromatic heterocycles. The van der Waals surface area contributed by atoms with Gasteiger partial charge in [0.15, 0.2) is 5.69 Å². The first-order chi connectivity index (χ1) is 13.5. The Balaban J connectivity index is 1.59. The number of likely N-dealkylation sites (tertiary alicyclic amines) is 1. The maximum Gasteiger partial charge on any atom is 0.275 e. The normalized spacial score (nSPS) is 13.9. The molecule has 1 N–H and O–H groups in total. The van der Waals surface area contributed by atoms with E-state index in [2.05, 4.69) is 26.3 Å². The van der Waals surface area contributed by atoms with Crippen molar-refractivity contribution >= 4 is 44.3 Å². The number of fused-ring (bicyclic) bond motifs is 1. The van der Waals surface area contributed by atoms with Crippen molar-refractivity contribution in [2.75, 3.05) is 18.4 Å². The molecule has 2 amide bonds. The molecule has 1 fully saturated rings. The van der Waals surface area contributed by atoms with Crippen LogP contribution >= 0.6 is 15.9 Å². The molecule has 0 spiro atoms.